The first-order valence-electron chi connectivity index (χ1n) is 7.57. The number of imidazole rings is 1. The summed E-state index contributed by atoms with van der Waals surface area (Å²) in [6.45, 7) is 1.23. The van der Waals surface area contributed by atoms with Crippen molar-refractivity contribution in [2.24, 2.45) is 0 Å². The summed E-state index contributed by atoms with van der Waals surface area (Å²) in [5.41, 5.74) is 1.20. The zero-order valence-electron chi connectivity index (χ0n) is 13.9. The van der Waals surface area contributed by atoms with Gasteiger partial charge in [0.1, 0.15) is 12.3 Å². The number of nitrogens with zero attached hydrogens (tertiary/aromatic N) is 1. The molecular formula is C17H16BrClFN3O3. The summed E-state index contributed by atoms with van der Waals surface area (Å²) in [6, 6.07) is 6.69. The molecule has 0 fully saturated rings. The van der Waals surface area contributed by atoms with Crippen LogP contribution in [0.5, 0.6) is 0 Å². The minimum absolute atomic E-state index is 0.00919. The van der Waals surface area contributed by atoms with Crippen molar-refractivity contribution in [3.63, 3.8) is 0 Å². The molecule has 0 aliphatic rings. The molecule has 0 amide bonds. The maximum atomic E-state index is 15.1. The van der Waals surface area contributed by atoms with Crippen LogP contribution >= 0.6 is 27.5 Å². The van der Waals surface area contributed by atoms with E-state index >= 15 is 4.39 Å². The molecule has 1 aromatic heterocycles. The minimum Gasteiger partial charge on any atom is -0.362 e. The Morgan fingerprint density at radius 3 is 2.88 bits per heavy atom. The Balaban J connectivity index is 2.15. The molecule has 26 heavy (non-hydrogen) atoms. The number of rotatable bonds is 6. The van der Waals surface area contributed by atoms with Crippen molar-refractivity contribution < 1.29 is 19.0 Å². The van der Waals surface area contributed by atoms with Crippen molar-refractivity contribution in [2.75, 3.05) is 19.2 Å². The number of hydrogen-bond donors (Lipinski definition) is 3. The van der Waals surface area contributed by atoms with Crippen LogP contribution in [0.1, 0.15) is 12.5 Å². The Labute approximate surface area is 162 Å². The van der Waals surface area contributed by atoms with Gasteiger partial charge in [0.05, 0.1) is 28.2 Å². The predicted octanol–water partition coefficient (Wildman–Crippen LogP) is 4.65. The number of anilines is 2. The molecule has 0 spiro atoms. The SMILES string of the molecule is COCOC(C)(O)c1cc2[nH]cnc2c(F)c1Nc1ccc(Br)cc1Cl. The van der Waals surface area contributed by atoms with E-state index in [0.29, 0.717) is 16.2 Å². The lowest BCUT2D eigenvalue weighted by Crippen LogP contribution is -2.28. The van der Waals surface area contributed by atoms with Gasteiger partial charge >= 0.3 is 0 Å². The summed E-state index contributed by atoms with van der Waals surface area (Å²) in [5.74, 6) is -2.46. The number of nitrogens with one attached hydrogen (secondary N) is 2. The van der Waals surface area contributed by atoms with Crippen molar-refractivity contribution in [1.29, 1.82) is 0 Å². The summed E-state index contributed by atoms with van der Waals surface area (Å²) in [6.07, 6.45) is 1.37. The van der Waals surface area contributed by atoms with Crippen molar-refractivity contribution >= 4 is 49.9 Å². The van der Waals surface area contributed by atoms with Crippen LogP contribution in [0, 0.1) is 5.82 Å². The van der Waals surface area contributed by atoms with Crippen molar-refractivity contribution in [2.45, 2.75) is 12.7 Å². The van der Waals surface area contributed by atoms with E-state index in [1.54, 1.807) is 24.3 Å². The van der Waals surface area contributed by atoms with Crippen LogP contribution in [-0.2, 0) is 15.3 Å². The normalized spacial score (nSPS) is 13.8. The number of aromatic nitrogens is 2. The van der Waals surface area contributed by atoms with E-state index in [9.17, 15) is 5.11 Å². The quantitative estimate of drug-likeness (QED) is 0.482. The van der Waals surface area contributed by atoms with E-state index in [1.807, 2.05) is 0 Å². The molecule has 1 unspecified atom stereocenters. The summed E-state index contributed by atoms with van der Waals surface area (Å²) < 4.78 is 26.1. The van der Waals surface area contributed by atoms with Gasteiger partial charge in [0.2, 0.25) is 0 Å². The van der Waals surface area contributed by atoms with E-state index in [2.05, 4.69) is 31.2 Å². The molecule has 0 saturated heterocycles. The molecule has 138 valence electrons. The monoisotopic (exact) mass is 443 g/mol. The number of halogens is 3. The highest BCUT2D eigenvalue weighted by Crippen LogP contribution is 2.38. The number of benzene rings is 2. The Morgan fingerprint density at radius 1 is 1.42 bits per heavy atom. The van der Waals surface area contributed by atoms with E-state index < -0.39 is 11.6 Å². The minimum atomic E-state index is -1.82. The van der Waals surface area contributed by atoms with Gasteiger partial charge in [-0.15, -0.1) is 0 Å². The van der Waals surface area contributed by atoms with Crippen LogP contribution in [0.3, 0.4) is 0 Å². The van der Waals surface area contributed by atoms with Gasteiger partial charge in [-0.3, -0.25) is 0 Å². The molecule has 1 atom stereocenters. The molecule has 1 heterocycles. The second kappa shape index (κ2) is 7.50. The first-order valence-corrected chi connectivity index (χ1v) is 8.74. The molecule has 0 radical (unpaired) electrons. The zero-order valence-corrected chi connectivity index (χ0v) is 16.3. The van der Waals surface area contributed by atoms with E-state index in [1.165, 1.54) is 20.4 Å². The average molecular weight is 445 g/mol. The van der Waals surface area contributed by atoms with Crippen molar-refractivity contribution in [1.82, 2.24) is 9.97 Å². The Kier molecular flexibility index (Phi) is 5.50. The molecule has 9 heteroatoms. The van der Waals surface area contributed by atoms with Crippen LogP contribution in [0.25, 0.3) is 11.0 Å². The van der Waals surface area contributed by atoms with Crippen LogP contribution in [0.15, 0.2) is 35.1 Å². The van der Waals surface area contributed by atoms with Gasteiger partial charge in [-0.1, -0.05) is 27.5 Å². The summed E-state index contributed by atoms with van der Waals surface area (Å²) in [7, 11) is 1.43. The van der Waals surface area contributed by atoms with E-state index in [4.69, 9.17) is 21.1 Å². The summed E-state index contributed by atoms with van der Waals surface area (Å²) in [5, 5.41) is 14.0. The highest BCUT2D eigenvalue weighted by atomic mass is 79.9. The van der Waals surface area contributed by atoms with Gasteiger partial charge in [0, 0.05) is 17.1 Å². The lowest BCUT2D eigenvalue weighted by molar-refractivity contribution is -0.239. The first kappa shape index (κ1) is 19.1. The van der Waals surface area contributed by atoms with Gasteiger partial charge in [-0.2, -0.15) is 0 Å². The molecule has 3 aromatic rings. The number of fused-ring (bicyclic) bond motifs is 1. The third kappa shape index (κ3) is 3.70. The van der Waals surface area contributed by atoms with Crippen LogP contribution in [0.2, 0.25) is 5.02 Å². The van der Waals surface area contributed by atoms with E-state index in [-0.39, 0.29) is 23.6 Å². The van der Waals surface area contributed by atoms with Crippen LogP contribution in [0.4, 0.5) is 15.8 Å². The molecule has 0 aliphatic heterocycles. The Morgan fingerprint density at radius 2 is 2.19 bits per heavy atom. The summed E-state index contributed by atoms with van der Waals surface area (Å²) in [4.78, 5) is 6.81. The molecule has 0 saturated carbocycles. The van der Waals surface area contributed by atoms with Gasteiger partial charge in [-0.05, 0) is 31.2 Å². The number of ether oxygens (including phenoxy) is 2. The topological polar surface area (TPSA) is 79.4 Å². The maximum absolute atomic E-state index is 15.1. The number of hydrogen-bond acceptors (Lipinski definition) is 5. The van der Waals surface area contributed by atoms with Crippen molar-refractivity contribution in [3.8, 4) is 0 Å². The lowest BCUT2D eigenvalue weighted by Gasteiger charge is -2.27. The zero-order chi connectivity index (χ0) is 18.9. The Hall–Kier alpha value is -1.71. The maximum Gasteiger partial charge on any atom is 0.194 e. The van der Waals surface area contributed by atoms with Gasteiger partial charge in [-0.25, -0.2) is 9.37 Å². The largest absolute Gasteiger partial charge is 0.362 e. The number of H-pyrrole nitrogens is 1. The summed E-state index contributed by atoms with van der Waals surface area (Å²) >= 11 is 9.55. The van der Waals surface area contributed by atoms with Gasteiger partial charge in [0.15, 0.2) is 11.6 Å². The molecule has 3 N–H and O–H groups in total. The molecular weight excluding hydrogens is 429 g/mol. The van der Waals surface area contributed by atoms with Crippen LogP contribution in [-0.4, -0.2) is 29.0 Å². The van der Waals surface area contributed by atoms with Crippen LogP contribution < -0.4 is 5.32 Å². The number of aliphatic hydroxyl groups is 1. The molecule has 6 nitrogen and oxygen atoms in total. The molecule has 0 aliphatic carbocycles. The smallest absolute Gasteiger partial charge is 0.194 e. The lowest BCUT2D eigenvalue weighted by atomic mass is 10.0. The van der Waals surface area contributed by atoms with Gasteiger partial charge in [0.25, 0.3) is 0 Å². The molecule has 2 aromatic carbocycles. The third-order valence-electron chi connectivity index (χ3n) is 3.80. The van der Waals surface area contributed by atoms with Crippen molar-refractivity contribution in [3.05, 3.63) is 51.5 Å². The molecule has 3 rings (SSSR count). The number of aromatic amines is 1. The fourth-order valence-electron chi connectivity index (χ4n) is 2.51. The number of methoxy groups -OCH3 is 1. The highest BCUT2D eigenvalue weighted by molar-refractivity contribution is 9.10. The van der Waals surface area contributed by atoms with Gasteiger partial charge < -0.3 is 24.9 Å². The van der Waals surface area contributed by atoms with E-state index in [0.717, 1.165) is 4.47 Å². The fraction of sp³-hybridized carbons (Fsp3) is 0.235. The standard InChI is InChI=1S/C17H16BrClFN3O3/c1-17(24,26-8-25-2)10-6-13-16(22-7-21-13)14(20)15(10)23-12-4-3-9(18)5-11(12)19/h3-7,23-24H,8H2,1-2H3,(H,21,22). The predicted molar refractivity (Wildman–Crippen MR) is 101 cm³/mol. The first-order chi connectivity index (χ1) is 12.3. The molecule has 0 bridgehead atoms. The Bertz CT molecular complexity index is 948. The average Bonchev–Trinajstić information content (AvgIpc) is 3.06. The second-order valence-corrected chi connectivity index (χ2v) is 7.02. The second-order valence-electron chi connectivity index (χ2n) is 5.69. The highest BCUT2D eigenvalue weighted by Gasteiger charge is 2.31. The fourth-order valence-corrected chi connectivity index (χ4v) is 3.23. The third-order valence-corrected chi connectivity index (χ3v) is 4.61.